The molecule has 1 aromatic rings. The molecule has 0 saturated carbocycles. The largest absolute Gasteiger partial charge is 0.379 e. The maximum atomic E-state index is 12.5. The molecule has 1 saturated heterocycles. The number of carbonyl (C=O) groups excluding carboxylic acids is 1. The summed E-state index contributed by atoms with van der Waals surface area (Å²) in [5.41, 5.74) is 0.759. The zero-order valence-corrected chi connectivity index (χ0v) is 12.1. The van der Waals surface area contributed by atoms with E-state index in [-0.39, 0.29) is 10.8 Å². The Labute approximate surface area is 118 Å². The van der Waals surface area contributed by atoms with Crippen molar-refractivity contribution in [3.63, 3.8) is 0 Å². The van der Waals surface area contributed by atoms with Crippen molar-refractivity contribution in [3.8, 4) is 0 Å². The zero-order valence-electron chi connectivity index (χ0n) is 11.3. The number of morpholine rings is 1. The average molecular weight is 298 g/mol. The number of hydrogen-bond acceptors (Lipinski definition) is 4. The van der Waals surface area contributed by atoms with Crippen LogP contribution in [0.5, 0.6) is 0 Å². The molecule has 0 bridgehead atoms. The van der Waals surface area contributed by atoms with Crippen LogP contribution in [0.3, 0.4) is 0 Å². The number of sulfonamides is 1. The van der Waals surface area contributed by atoms with Gasteiger partial charge in [-0.15, -0.1) is 0 Å². The van der Waals surface area contributed by atoms with E-state index in [0.29, 0.717) is 32.8 Å². The summed E-state index contributed by atoms with van der Waals surface area (Å²) in [4.78, 5) is 11.1. The minimum atomic E-state index is -3.48. The van der Waals surface area contributed by atoms with Crippen molar-refractivity contribution in [2.24, 2.45) is 0 Å². The van der Waals surface area contributed by atoms with Gasteiger partial charge in [0.2, 0.25) is 15.9 Å². The highest BCUT2D eigenvalue weighted by Gasteiger charge is 2.26. The maximum Gasteiger partial charge on any atom is 0.243 e. The molecule has 7 heteroatoms. The number of nitrogens with zero attached hydrogens (tertiary/aromatic N) is 1. The predicted molar refractivity (Wildman–Crippen MR) is 73.5 cm³/mol. The first-order valence-electron chi connectivity index (χ1n) is 6.41. The molecule has 0 aliphatic carbocycles. The van der Waals surface area contributed by atoms with Crippen LogP contribution >= 0.6 is 0 Å². The molecule has 0 unspecified atom stereocenters. The van der Waals surface area contributed by atoms with Gasteiger partial charge in [0.15, 0.2) is 0 Å². The minimum absolute atomic E-state index is 0.147. The zero-order chi connectivity index (χ0) is 14.6. The number of carbonyl (C=O) groups is 1. The van der Waals surface area contributed by atoms with Crippen molar-refractivity contribution < 1.29 is 17.9 Å². The van der Waals surface area contributed by atoms with Crippen LogP contribution in [0.4, 0.5) is 0 Å². The van der Waals surface area contributed by atoms with Crippen molar-refractivity contribution in [2.75, 3.05) is 26.3 Å². The molecule has 1 N–H and O–H groups in total. The maximum absolute atomic E-state index is 12.5. The SMILES string of the molecule is CC(=O)NCc1cccc(S(=O)(=O)N2CCOCC2)c1. The Morgan fingerprint density at radius 1 is 1.35 bits per heavy atom. The van der Waals surface area contributed by atoms with Crippen molar-refractivity contribution in [2.45, 2.75) is 18.4 Å². The normalized spacial score (nSPS) is 16.9. The van der Waals surface area contributed by atoms with E-state index in [1.165, 1.54) is 11.2 Å². The molecule has 1 amide bonds. The van der Waals surface area contributed by atoms with E-state index >= 15 is 0 Å². The molecule has 0 atom stereocenters. The number of ether oxygens (including phenoxy) is 1. The number of nitrogens with one attached hydrogen (secondary N) is 1. The highest BCUT2D eigenvalue weighted by Crippen LogP contribution is 2.18. The van der Waals surface area contributed by atoms with Crippen LogP contribution < -0.4 is 5.32 Å². The molecule has 6 nitrogen and oxygen atoms in total. The lowest BCUT2D eigenvalue weighted by molar-refractivity contribution is -0.119. The van der Waals surface area contributed by atoms with E-state index in [2.05, 4.69) is 5.32 Å². The molecule has 1 aliphatic rings. The Morgan fingerprint density at radius 3 is 2.70 bits per heavy atom. The summed E-state index contributed by atoms with van der Waals surface area (Å²) in [6.45, 7) is 3.34. The second-order valence-electron chi connectivity index (χ2n) is 4.57. The van der Waals surface area contributed by atoms with E-state index in [9.17, 15) is 13.2 Å². The molecule has 0 aromatic heterocycles. The van der Waals surface area contributed by atoms with Crippen LogP contribution in [-0.2, 0) is 26.1 Å². The topological polar surface area (TPSA) is 75.7 Å². The van der Waals surface area contributed by atoms with Gasteiger partial charge in [-0.2, -0.15) is 4.31 Å². The second-order valence-corrected chi connectivity index (χ2v) is 6.51. The van der Waals surface area contributed by atoms with Gasteiger partial charge in [0, 0.05) is 26.6 Å². The van der Waals surface area contributed by atoms with Crippen molar-refractivity contribution in [1.82, 2.24) is 9.62 Å². The Hall–Kier alpha value is -1.44. The Bertz CT molecular complexity index is 580. The van der Waals surface area contributed by atoms with Crippen molar-refractivity contribution in [1.29, 1.82) is 0 Å². The lowest BCUT2D eigenvalue weighted by atomic mass is 10.2. The monoisotopic (exact) mass is 298 g/mol. The fourth-order valence-electron chi connectivity index (χ4n) is 1.98. The third kappa shape index (κ3) is 3.56. The van der Waals surface area contributed by atoms with E-state index in [1.54, 1.807) is 24.3 Å². The highest BCUT2D eigenvalue weighted by molar-refractivity contribution is 7.89. The Balaban J connectivity index is 2.18. The van der Waals surface area contributed by atoms with Gasteiger partial charge in [-0.05, 0) is 17.7 Å². The second kappa shape index (κ2) is 6.34. The number of amides is 1. The predicted octanol–water partition coefficient (Wildman–Crippen LogP) is 0.344. The lowest BCUT2D eigenvalue weighted by Gasteiger charge is -2.26. The van der Waals surface area contributed by atoms with Gasteiger partial charge in [-0.3, -0.25) is 4.79 Å². The summed E-state index contributed by atoms with van der Waals surface area (Å²) in [7, 11) is -3.48. The van der Waals surface area contributed by atoms with Gasteiger partial charge in [0.05, 0.1) is 18.1 Å². The van der Waals surface area contributed by atoms with E-state index in [0.717, 1.165) is 5.56 Å². The number of rotatable bonds is 4. The minimum Gasteiger partial charge on any atom is -0.379 e. The van der Waals surface area contributed by atoms with Crippen LogP contribution in [-0.4, -0.2) is 44.9 Å². The molecule has 110 valence electrons. The smallest absolute Gasteiger partial charge is 0.243 e. The molecule has 1 fully saturated rings. The fourth-order valence-corrected chi connectivity index (χ4v) is 3.46. The molecule has 1 aliphatic heterocycles. The lowest BCUT2D eigenvalue weighted by Crippen LogP contribution is -2.40. The molecule has 1 heterocycles. The first-order chi connectivity index (χ1) is 9.50. The molecular formula is C13H18N2O4S. The molecule has 1 aromatic carbocycles. The summed E-state index contributed by atoms with van der Waals surface area (Å²) in [6, 6.07) is 6.64. The van der Waals surface area contributed by atoms with Crippen LogP contribution in [0.1, 0.15) is 12.5 Å². The third-order valence-electron chi connectivity index (χ3n) is 3.05. The molecule has 0 radical (unpaired) electrons. The Morgan fingerprint density at radius 2 is 2.05 bits per heavy atom. The van der Waals surface area contributed by atoms with Crippen LogP contribution in [0.15, 0.2) is 29.2 Å². The average Bonchev–Trinajstić information content (AvgIpc) is 2.46. The van der Waals surface area contributed by atoms with Crippen molar-refractivity contribution in [3.05, 3.63) is 29.8 Å². The van der Waals surface area contributed by atoms with Crippen LogP contribution in [0, 0.1) is 0 Å². The van der Waals surface area contributed by atoms with Crippen molar-refractivity contribution >= 4 is 15.9 Å². The summed E-state index contributed by atoms with van der Waals surface area (Å²) >= 11 is 0. The van der Waals surface area contributed by atoms with Gasteiger partial charge in [-0.25, -0.2) is 8.42 Å². The van der Waals surface area contributed by atoms with Gasteiger partial charge in [0.25, 0.3) is 0 Å². The van der Waals surface area contributed by atoms with E-state index in [1.807, 2.05) is 0 Å². The molecule has 0 spiro atoms. The molecule has 2 rings (SSSR count). The number of hydrogen-bond donors (Lipinski definition) is 1. The standard InChI is InChI=1S/C13H18N2O4S/c1-11(16)14-10-12-3-2-4-13(9-12)20(17,18)15-5-7-19-8-6-15/h2-4,9H,5-8,10H2,1H3,(H,14,16). The first kappa shape index (κ1) is 15.0. The Kier molecular flexibility index (Phi) is 4.74. The summed E-state index contributed by atoms with van der Waals surface area (Å²) in [5.74, 6) is -0.147. The van der Waals surface area contributed by atoms with Gasteiger partial charge in [0.1, 0.15) is 0 Å². The highest BCUT2D eigenvalue weighted by atomic mass is 32.2. The van der Waals surface area contributed by atoms with Gasteiger partial charge >= 0.3 is 0 Å². The fraction of sp³-hybridized carbons (Fsp3) is 0.462. The van der Waals surface area contributed by atoms with E-state index in [4.69, 9.17) is 4.74 Å². The van der Waals surface area contributed by atoms with Crippen LogP contribution in [0.2, 0.25) is 0 Å². The quantitative estimate of drug-likeness (QED) is 0.870. The van der Waals surface area contributed by atoms with Gasteiger partial charge < -0.3 is 10.1 Å². The summed E-state index contributed by atoms with van der Waals surface area (Å²) in [5, 5.41) is 2.65. The molecule has 20 heavy (non-hydrogen) atoms. The number of benzene rings is 1. The third-order valence-corrected chi connectivity index (χ3v) is 4.94. The van der Waals surface area contributed by atoms with E-state index < -0.39 is 10.0 Å². The molecular weight excluding hydrogens is 280 g/mol. The first-order valence-corrected chi connectivity index (χ1v) is 7.85. The summed E-state index contributed by atoms with van der Waals surface area (Å²) in [6.07, 6.45) is 0. The van der Waals surface area contributed by atoms with Gasteiger partial charge in [-0.1, -0.05) is 12.1 Å². The summed E-state index contributed by atoms with van der Waals surface area (Å²) < 4.78 is 31.5. The van der Waals surface area contributed by atoms with Crippen LogP contribution in [0.25, 0.3) is 0 Å².